The van der Waals surface area contributed by atoms with Gasteiger partial charge >= 0.3 is 0 Å². The van der Waals surface area contributed by atoms with E-state index in [4.69, 9.17) is 17.0 Å². The van der Waals surface area contributed by atoms with Crippen molar-refractivity contribution >= 4 is 34.2 Å². The first-order valence-corrected chi connectivity index (χ1v) is 5.23. The first kappa shape index (κ1) is 9.35. The molecular formula is C11H9N3OS. The lowest BCUT2D eigenvalue weighted by molar-refractivity contribution is 0.415. The quantitative estimate of drug-likeness (QED) is 0.633. The van der Waals surface area contributed by atoms with Gasteiger partial charge in [0, 0.05) is 10.9 Å². The summed E-state index contributed by atoms with van der Waals surface area (Å²) >= 11 is 5.22. The van der Waals surface area contributed by atoms with E-state index < -0.39 is 0 Å². The first-order chi connectivity index (χ1) is 7.79. The van der Waals surface area contributed by atoms with Gasteiger partial charge in [-0.2, -0.15) is 0 Å². The first-order valence-electron chi connectivity index (χ1n) is 4.83. The minimum atomic E-state index is 0.591. The van der Waals surface area contributed by atoms with E-state index in [0.29, 0.717) is 4.64 Å². The van der Waals surface area contributed by atoms with E-state index in [1.165, 1.54) is 0 Å². The number of rotatable bonds is 1. The summed E-state index contributed by atoms with van der Waals surface area (Å²) in [6.07, 6.45) is 1.59. The van der Waals surface area contributed by atoms with Gasteiger partial charge in [0.25, 0.3) is 0 Å². The largest absolute Gasteiger partial charge is 0.497 e. The van der Waals surface area contributed by atoms with Crippen molar-refractivity contribution in [3.8, 4) is 5.75 Å². The standard InChI is InChI=1S/C11H9N3OS/c1-15-6-2-3-8-7(4-6)9-10(14-8)12-5-13-11(9)16/h2-5H,1H3,(H2,12,13,14,16). The maximum Gasteiger partial charge on any atom is 0.139 e. The van der Waals surface area contributed by atoms with Crippen LogP contribution in [0.5, 0.6) is 5.75 Å². The van der Waals surface area contributed by atoms with Crippen LogP contribution >= 0.6 is 12.2 Å². The summed E-state index contributed by atoms with van der Waals surface area (Å²) in [6, 6.07) is 5.84. The molecule has 0 saturated carbocycles. The van der Waals surface area contributed by atoms with E-state index in [2.05, 4.69) is 15.0 Å². The van der Waals surface area contributed by atoms with Crippen LogP contribution < -0.4 is 4.74 Å². The minimum Gasteiger partial charge on any atom is -0.497 e. The van der Waals surface area contributed by atoms with E-state index in [9.17, 15) is 0 Å². The van der Waals surface area contributed by atoms with Gasteiger partial charge in [0.2, 0.25) is 0 Å². The summed E-state index contributed by atoms with van der Waals surface area (Å²) < 4.78 is 5.79. The molecule has 0 aliphatic carbocycles. The van der Waals surface area contributed by atoms with Crippen LogP contribution in [0.15, 0.2) is 24.5 Å². The zero-order valence-electron chi connectivity index (χ0n) is 8.57. The third kappa shape index (κ3) is 1.22. The number of H-pyrrole nitrogens is 2. The molecular weight excluding hydrogens is 222 g/mol. The van der Waals surface area contributed by atoms with Crippen LogP contribution in [0.25, 0.3) is 21.9 Å². The van der Waals surface area contributed by atoms with E-state index in [0.717, 1.165) is 27.7 Å². The fourth-order valence-electron chi connectivity index (χ4n) is 1.85. The number of fused-ring (bicyclic) bond motifs is 3. The summed E-state index contributed by atoms with van der Waals surface area (Å²) in [5, 5.41) is 1.97. The van der Waals surface area contributed by atoms with Crippen molar-refractivity contribution in [2.24, 2.45) is 0 Å². The second-order valence-electron chi connectivity index (χ2n) is 3.49. The SMILES string of the molecule is COc1ccc2[nH]c3[nH]cnc(=S)c3c2c1. The topological polar surface area (TPSA) is 53.7 Å². The lowest BCUT2D eigenvalue weighted by Crippen LogP contribution is -1.81. The van der Waals surface area contributed by atoms with E-state index in [1.807, 2.05) is 18.2 Å². The predicted molar refractivity (Wildman–Crippen MR) is 65.3 cm³/mol. The highest BCUT2D eigenvalue weighted by Gasteiger charge is 2.07. The molecule has 0 aliphatic heterocycles. The van der Waals surface area contributed by atoms with Crippen molar-refractivity contribution in [3.05, 3.63) is 29.2 Å². The molecule has 0 spiro atoms. The van der Waals surface area contributed by atoms with Gasteiger partial charge in [0.1, 0.15) is 16.0 Å². The van der Waals surface area contributed by atoms with Crippen molar-refractivity contribution in [3.63, 3.8) is 0 Å². The van der Waals surface area contributed by atoms with Gasteiger partial charge in [-0.05, 0) is 18.2 Å². The molecule has 0 unspecified atom stereocenters. The third-order valence-corrected chi connectivity index (χ3v) is 2.92. The second-order valence-corrected chi connectivity index (χ2v) is 3.88. The van der Waals surface area contributed by atoms with E-state index in [-0.39, 0.29) is 0 Å². The number of nitrogens with zero attached hydrogens (tertiary/aromatic N) is 1. The highest BCUT2D eigenvalue weighted by Crippen LogP contribution is 2.27. The Bertz CT molecular complexity index is 729. The van der Waals surface area contributed by atoms with Crippen LogP contribution in [0, 0.1) is 4.64 Å². The van der Waals surface area contributed by atoms with Crippen LogP contribution in [0.2, 0.25) is 0 Å². The van der Waals surface area contributed by atoms with Crippen LogP contribution in [0.3, 0.4) is 0 Å². The number of ether oxygens (including phenoxy) is 1. The zero-order valence-corrected chi connectivity index (χ0v) is 9.39. The van der Waals surface area contributed by atoms with Gasteiger partial charge in [-0.3, -0.25) is 0 Å². The molecule has 80 valence electrons. The second kappa shape index (κ2) is 3.31. The van der Waals surface area contributed by atoms with Gasteiger partial charge in [0.15, 0.2) is 0 Å². The van der Waals surface area contributed by atoms with Gasteiger partial charge < -0.3 is 14.7 Å². The number of hydrogen-bond acceptors (Lipinski definition) is 3. The average Bonchev–Trinajstić information content (AvgIpc) is 2.67. The van der Waals surface area contributed by atoms with Gasteiger partial charge in [-0.25, -0.2) is 4.98 Å². The molecule has 2 heterocycles. The summed E-state index contributed by atoms with van der Waals surface area (Å²) in [7, 11) is 1.65. The molecule has 2 aromatic heterocycles. The maximum absolute atomic E-state index is 5.22. The highest BCUT2D eigenvalue weighted by atomic mass is 32.1. The highest BCUT2D eigenvalue weighted by molar-refractivity contribution is 7.71. The summed E-state index contributed by atoms with van der Waals surface area (Å²) in [6.45, 7) is 0. The lowest BCUT2D eigenvalue weighted by atomic mass is 10.2. The van der Waals surface area contributed by atoms with Crippen molar-refractivity contribution < 1.29 is 4.74 Å². The van der Waals surface area contributed by atoms with Crippen molar-refractivity contribution in [2.45, 2.75) is 0 Å². The Kier molecular flexibility index (Phi) is 1.94. The molecule has 16 heavy (non-hydrogen) atoms. The number of methoxy groups -OCH3 is 1. The molecule has 0 saturated heterocycles. The lowest BCUT2D eigenvalue weighted by Gasteiger charge is -1.98. The molecule has 0 radical (unpaired) electrons. The Hall–Kier alpha value is -1.88. The Morgan fingerprint density at radius 2 is 2.25 bits per heavy atom. The summed E-state index contributed by atoms with van der Waals surface area (Å²) in [5.74, 6) is 0.812. The molecule has 3 aromatic rings. The molecule has 1 aromatic carbocycles. The van der Waals surface area contributed by atoms with E-state index >= 15 is 0 Å². The van der Waals surface area contributed by atoms with Crippen molar-refractivity contribution in [2.75, 3.05) is 7.11 Å². The molecule has 5 heteroatoms. The Morgan fingerprint density at radius 3 is 3.06 bits per heavy atom. The maximum atomic E-state index is 5.22. The van der Waals surface area contributed by atoms with Gasteiger partial charge in [0.05, 0.1) is 18.8 Å². The number of nitrogens with one attached hydrogen (secondary N) is 2. The average molecular weight is 231 g/mol. The number of aromatic nitrogens is 3. The van der Waals surface area contributed by atoms with Crippen LogP contribution in [-0.2, 0) is 0 Å². The Balaban J connectivity index is 2.55. The van der Waals surface area contributed by atoms with Crippen molar-refractivity contribution in [1.29, 1.82) is 0 Å². The van der Waals surface area contributed by atoms with Crippen LogP contribution in [0.4, 0.5) is 0 Å². The van der Waals surface area contributed by atoms with Crippen LogP contribution in [-0.4, -0.2) is 22.1 Å². The molecule has 0 fully saturated rings. The Labute approximate surface area is 96.3 Å². The molecule has 4 nitrogen and oxygen atoms in total. The number of benzene rings is 1. The summed E-state index contributed by atoms with van der Waals surface area (Å²) in [4.78, 5) is 10.4. The molecule has 0 bridgehead atoms. The van der Waals surface area contributed by atoms with Crippen molar-refractivity contribution in [1.82, 2.24) is 15.0 Å². The number of aromatic amines is 2. The monoisotopic (exact) mass is 231 g/mol. The smallest absolute Gasteiger partial charge is 0.139 e. The normalized spacial score (nSPS) is 11.1. The zero-order chi connectivity index (χ0) is 11.1. The third-order valence-electron chi connectivity index (χ3n) is 2.61. The molecule has 3 rings (SSSR count). The predicted octanol–water partition coefficient (Wildman–Crippen LogP) is 2.78. The molecule has 2 N–H and O–H groups in total. The van der Waals surface area contributed by atoms with Crippen LogP contribution in [0.1, 0.15) is 0 Å². The fraction of sp³-hybridized carbons (Fsp3) is 0.0909. The molecule has 0 aliphatic rings. The van der Waals surface area contributed by atoms with Gasteiger partial charge in [-0.15, -0.1) is 0 Å². The Morgan fingerprint density at radius 1 is 1.38 bits per heavy atom. The van der Waals surface area contributed by atoms with Gasteiger partial charge in [-0.1, -0.05) is 12.2 Å². The fourth-order valence-corrected chi connectivity index (χ4v) is 2.11. The molecule has 0 atom stereocenters. The summed E-state index contributed by atoms with van der Waals surface area (Å²) in [5.41, 5.74) is 1.91. The number of hydrogen-bond donors (Lipinski definition) is 2. The molecule has 0 amide bonds. The van der Waals surface area contributed by atoms with E-state index in [1.54, 1.807) is 13.4 Å². The minimum absolute atomic E-state index is 0.591.